The Balaban J connectivity index is 2.37. The highest BCUT2D eigenvalue weighted by Crippen LogP contribution is 2.38. The molecule has 0 spiro atoms. The molecule has 2 rings (SSSR count). The van der Waals surface area contributed by atoms with Gasteiger partial charge in [0.2, 0.25) is 10.0 Å². The van der Waals surface area contributed by atoms with Crippen LogP contribution in [0.15, 0.2) is 29.2 Å². The summed E-state index contributed by atoms with van der Waals surface area (Å²) in [6.07, 6.45) is 3.31. The van der Waals surface area contributed by atoms with Gasteiger partial charge in [0, 0.05) is 19.1 Å². The van der Waals surface area contributed by atoms with Gasteiger partial charge in [-0.3, -0.25) is 0 Å². The third kappa shape index (κ3) is 2.98. The van der Waals surface area contributed by atoms with Crippen LogP contribution in [0.4, 0.5) is 4.39 Å². The number of hydrogen-bond acceptors (Lipinski definition) is 3. The summed E-state index contributed by atoms with van der Waals surface area (Å²) in [5.74, 6) is -0.144. The summed E-state index contributed by atoms with van der Waals surface area (Å²) in [4.78, 5) is -0.279. The molecule has 1 aromatic rings. The van der Waals surface area contributed by atoms with Crippen LogP contribution < -0.4 is 5.73 Å². The Hall–Kier alpha value is -0.980. The average Bonchev–Trinajstić information content (AvgIpc) is 2.48. The van der Waals surface area contributed by atoms with Crippen molar-refractivity contribution >= 4 is 10.0 Å². The Bertz CT molecular complexity index is 595. The topological polar surface area (TPSA) is 63.4 Å². The highest BCUT2D eigenvalue weighted by Gasteiger charge is 2.43. The molecule has 0 radical (unpaired) electrons. The van der Waals surface area contributed by atoms with Crippen molar-refractivity contribution in [2.24, 2.45) is 11.7 Å². The van der Waals surface area contributed by atoms with E-state index >= 15 is 0 Å². The highest BCUT2D eigenvalue weighted by molar-refractivity contribution is 7.89. The van der Waals surface area contributed by atoms with Gasteiger partial charge in [-0.25, -0.2) is 12.8 Å². The van der Waals surface area contributed by atoms with Crippen molar-refractivity contribution in [3.63, 3.8) is 0 Å². The Kier molecular flexibility index (Phi) is 4.70. The van der Waals surface area contributed by atoms with E-state index in [2.05, 4.69) is 6.92 Å². The van der Waals surface area contributed by atoms with Crippen LogP contribution in [0, 0.1) is 11.7 Å². The quantitative estimate of drug-likeness (QED) is 0.928. The van der Waals surface area contributed by atoms with Gasteiger partial charge in [0.1, 0.15) is 10.7 Å². The van der Waals surface area contributed by atoms with Crippen LogP contribution in [-0.4, -0.2) is 31.9 Å². The van der Waals surface area contributed by atoms with Crippen molar-refractivity contribution in [1.82, 2.24) is 4.31 Å². The number of nitrogens with two attached hydrogens (primary N) is 1. The molecule has 118 valence electrons. The maximum absolute atomic E-state index is 13.9. The van der Waals surface area contributed by atoms with Crippen molar-refractivity contribution in [3.8, 4) is 0 Å². The Morgan fingerprint density at radius 3 is 2.43 bits per heavy atom. The molecule has 4 nitrogen and oxygen atoms in total. The first kappa shape index (κ1) is 16.4. The number of sulfonamides is 1. The van der Waals surface area contributed by atoms with Crippen LogP contribution in [-0.2, 0) is 10.0 Å². The zero-order valence-electron chi connectivity index (χ0n) is 12.5. The lowest BCUT2D eigenvalue weighted by Crippen LogP contribution is -2.56. The summed E-state index contributed by atoms with van der Waals surface area (Å²) in [6.45, 7) is 2.41. The van der Waals surface area contributed by atoms with E-state index in [4.69, 9.17) is 5.73 Å². The standard InChI is InChI=1S/C15H23FN2O2S/c1-12-7-9-15(11-17,10-8-12)18(2)21(19,20)14-6-4-3-5-13(14)16/h3-6,12H,7-11,17H2,1-2H3. The average molecular weight is 314 g/mol. The molecule has 0 saturated heterocycles. The van der Waals surface area contributed by atoms with Gasteiger partial charge < -0.3 is 5.73 Å². The lowest BCUT2D eigenvalue weighted by molar-refractivity contribution is 0.135. The molecule has 21 heavy (non-hydrogen) atoms. The second kappa shape index (κ2) is 6.02. The molecule has 0 aliphatic heterocycles. The maximum Gasteiger partial charge on any atom is 0.246 e. The van der Waals surface area contributed by atoms with Crippen molar-refractivity contribution in [3.05, 3.63) is 30.1 Å². The molecule has 1 saturated carbocycles. The van der Waals surface area contributed by atoms with Gasteiger partial charge in [-0.05, 0) is 43.7 Å². The number of halogens is 1. The van der Waals surface area contributed by atoms with Gasteiger partial charge >= 0.3 is 0 Å². The first-order valence-corrected chi connectivity index (χ1v) is 8.71. The summed E-state index contributed by atoms with van der Waals surface area (Å²) in [6, 6.07) is 5.48. The van der Waals surface area contributed by atoms with Crippen molar-refractivity contribution in [2.75, 3.05) is 13.6 Å². The number of nitrogens with zero attached hydrogens (tertiary/aromatic N) is 1. The fourth-order valence-electron chi connectivity index (χ4n) is 3.00. The predicted molar refractivity (Wildman–Crippen MR) is 80.8 cm³/mol. The van der Waals surface area contributed by atoms with E-state index in [1.54, 1.807) is 0 Å². The van der Waals surface area contributed by atoms with Crippen molar-refractivity contribution in [2.45, 2.75) is 43.0 Å². The molecule has 0 heterocycles. The van der Waals surface area contributed by atoms with Gasteiger partial charge in [-0.1, -0.05) is 19.1 Å². The molecular weight excluding hydrogens is 291 g/mol. The van der Waals surface area contributed by atoms with E-state index in [9.17, 15) is 12.8 Å². The third-order valence-corrected chi connectivity index (χ3v) is 6.72. The first-order valence-electron chi connectivity index (χ1n) is 7.27. The van der Waals surface area contributed by atoms with Crippen molar-refractivity contribution < 1.29 is 12.8 Å². The fourth-order valence-corrected chi connectivity index (χ4v) is 4.63. The summed E-state index contributed by atoms with van der Waals surface area (Å²) in [5, 5.41) is 0. The minimum absolute atomic E-state index is 0.254. The molecule has 6 heteroatoms. The van der Waals surface area contributed by atoms with E-state index in [0.717, 1.165) is 25.7 Å². The molecule has 1 aliphatic rings. The third-order valence-electron chi connectivity index (χ3n) is 4.73. The SMILES string of the molecule is CC1CCC(CN)(N(C)S(=O)(=O)c2ccccc2F)CC1. The van der Waals surface area contributed by atoms with E-state index in [0.29, 0.717) is 5.92 Å². The summed E-state index contributed by atoms with van der Waals surface area (Å²) >= 11 is 0. The minimum atomic E-state index is -3.88. The molecule has 0 bridgehead atoms. The molecule has 0 unspecified atom stereocenters. The van der Waals surface area contributed by atoms with Gasteiger partial charge in [0.25, 0.3) is 0 Å². The lowest BCUT2D eigenvalue weighted by Gasteiger charge is -2.44. The van der Waals surface area contributed by atoms with E-state index in [1.165, 1.54) is 35.6 Å². The molecule has 0 atom stereocenters. The molecular formula is C15H23FN2O2S. The van der Waals surface area contributed by atoms with Gasteiger partial charge in [0.15, 0.2) is 0 Å². The van der Waals surface area contributed by atoms with E-state index < -0.39 is 21.4 Å². The van der Waals surface area contributed by atoms with Crippen LogP contribution in [0.2, 0.25) is 0 Å². The maximum atomic E-state index is 13.9. The van der Waals surface area contributed by atoms with Gasteiger partial charge in [0.05, 0.1) is 0 Å². The smallest absolute Gasteiger partial charge is 0.246 e. The normalized spacial score (nSPS) is 27.0. The molecule has 1 aliphatic carbocycles. The molecule has 1 aromatic carbocycles. The fraction of sp³-hybridized carbons (Fsp3) is 0.600. The molecule has 0 aromatic heterocycles. The second-order valence-electron chi connectivity index (χ2n) is 6.01. The number of rotatable bonds is 4. The monoisotopic (exact) mass is 314 g/mol. The zero-order valence-corrected chi connectivity index (χ0v) is 13.4. The zero-order chi connectivity index (χ0) is 15.7. The molecule has 2 N–H and O–H groups in total. The van der Waals surface area contributed by atoms with Crippen LogP contribution in [0.1, 0.15) is 32.6 Å². The van der Waals surface area contributed by atoms with Crippen LogP contribution in [0.25, 0.3) is 0 Å². The largest absolute Gasteiger partial charge is 0.329 e. The molecule has 1 fully saturated rings. The van der Waals surface area contributed by atoms with Crippen LogP contribution in [0.5, 0.6) is 0 Å². The predicted octanol–water partition coefficient (Wildman–Crippen LogP) is 2.35. The number of hydrogen-bond donors (Lipinski definition) is 1. The molecule has 0 amide bonds. The second-order valence-corrected chi connectivity index (χ2v) is 7.95. The summed E-state index contributed by atoms with van der Waals surface area (Å²) in [5.41, 5.74) is 5.29. The number of likely N-dealkylation sites (N-methyl/N-ethyl adjacent to an activating group) is 1. The Morgan fingerprint density at radius 2 is 1.90 bits per heavy atom. The summed E-state index contributed by atoms with van der Waals surface area (Å²) < 4.78 is 40.6. The summed E-state index contributed by atoms with van der Waals surface area (Å²) in [7, 11) is -2.36. The Labute approximate surface area is 126 Å². The Morgan fingerprint density at radius 1 is 1.33 bits per heavy atom. The minimum Gasteiger partial charge on any atom is -0.329 e. The number of benzene rings is 1. The lowest BCUT2D eigenvalue weighted by atomic mass is 9.77. The highest BCUT2D eigenvalue weighted by atomic mass is 32.2. The van der Waals surface area contributed by atoms with Gasteiger partial charge in [-0.2, -0.15) is 4.31 Å². The first-order chi connectivity index (χ1) is 9.83. The van der Waals surface area contributed by atoms with E-state index in [-0.39, 0.29) is 11.4 Å². The van der Waals surface area contributed by atoms with Gasteiger partial charge in [-0.15, -0.1) is 0 Å². The van der Waals surface area contributed by atoms with Crippen molar-refractivity contribution in [1.29, 1.82) is 0 Å². The van der Waals surface area contributed by atoms with Crippen LogP contribution >= 0.6 is 0 Å². The van der Waals surface area contributed by atoms with Crippen LogP contribution in [0.3, 0.4) is 0 Å². The van der Waals surface area contributed by atoms with E-state index in [1.807, 2.05) is 0 Å².